The fraction of sp³-hybridized carbons (Fsp3) is 0.857. The van der Waals surface area contributed by atoms with Crippen LogP contribution in [0.4, 0.5) is 0 Å². The molecule has 0 spiro atoms. The Morgan fingerprint density at radius 2 is 1.79 bits per heavy atom. The van der Waals surface area contributed by atoms with Crippen LogP contribution < -0.4 is 0 Å². The monoisotopic (exact) mass is 330 g/mol. The molecule has 4 fully saturated rings. The molecule has 7 atom stereocenters. The van der Waals surface area contributed by atoms with Crippen LogP contribution in [0.5, 0.6) is 0 Å². The van der Waals surface area contributed by atoms with E-state index in [0.29, 0.717) is 48.6 Å². The van der Waals surface area contributed by atoms with Gasteiger partial charge in [0.1, 0.15) is 17.3 Å². The maximum absolute atomic E-state index is 13.3. The van der Waals surface area contributed by atoms with Crippen molar-refractivity contribution in [3.63, 3.8) is 0 Å². The van der Waals surface area contributed by atoms with Gasteiger partial charge in [-0.3, -0.25) is 14.4 Å². The normalized spacial score (nSPS) is 50.9. The van der Waals surface area contributed by atoms with Gasteiger partial charge in [-0.2, -0.15) is 0 Å². The van der Waals surface area contributed by atoms with E-state index in [2.05, 4.69) is 13.8 Å². The topological polar surface area (TPSA) is 51.2 Å². The highest BCUT2D eigenvalue weighted by Crippen LogP contribution is 2.66. The third-order valence-corrected chi connectivity index (χ3v) is 8.66. The molecule has 0 heterocycles. The maximum atomic E-state index is 13.3. The number of carbonyl (C=O) groups excluding carboxylic acids is 3. The molecule has 4 aliphatic rings. The molecule has 3 heteroatoms. The molecule has 0 bridgehead atoms. The van der Waals surface area contributed by atoms with Crippen LogP contribution in [-0.2, 0) is 14.4 Å². The molecule has 24 heavy (non-hydrogen) atoms. The van der Waals surface area contributed by atoms with Crippen molar-refractivity contribution < 1.29 is 14.4 Å². The Bertz CT molecular complexity index is 608. The van der Waals surface area contributed by atoms with Crippen molar-refractivity contribution in [1.82, 2.24) is 0 Å². The van der Waals surface area contributed by atoms with Crippen molar-refractivity contribution in [3.05, 3.63) is 0 Å². The number of fused-ring (bicyclic) bond motifs is 5. The van der Waals surface area contributed by atoms with E-state index in [1.807, 2.05) is 0 Å². The Morgan fingerprint density at radius 3 is 2.50 bits per heavy atom. The highest BCUT2D eigenvalue weighted by atomic mass is 16.1. The average molecular weight is 330 g/mol. The molecule has 0 N–H and O–H groups in total. The number of carbonyl (C=O) groups is 3. The number of ketones is 3. The highest BCUT2D eigenvalue weighted by Gasteiger charge is 2.63. The third-order valence-electron chi connectivity index (χ3n) is 8.66. The van der Waals surface area contributed by atoms with E-state index in [0.717, 1.165) is 32.1 Å². The molecule has 4 rings (SSSR count). The molecule has 0 aromatic rings. The first kappa shape index (κ1) is 16.5. The van der Waals surface area contributed by atoms with Gasteiger partial charge in [-0.1, -0.05) is 13.8 Å². The van der Waals surface area contributed by atoms with Crippen LogP contribution in [0.2, 0.25) is 0 Å². The zero-order valence-electron chi connectivity index (χ0n) is 15.3. The van der Waals surface area contributed by atoms with Crippen molar-refractivity contribution in [2.24, 2.45) is 40.4 Å². The fourth-order valence-electron chi connectivity index (χ4n) is 7.53. The molecule has 132 valence electrons. The van der Waals surface area contributed by atoms with E-state index in [4.69, 9.17) is 0 Å². The molecule has 0 aromatic carbocycles. The molecule has 0 aliphatic heterocycles. The van der Waals surface area contributed by atoms with Crippen LogP contribution in [0.25, 0.3) is 0 Å². The third kappa shape index (κ3) is 2.05. The van der Waals surface area contributed by atoms with E-state index >= 15 is 0 Å². The van der Waals surface area contributed by atoms with Gasteiger partial charge in [0.25, 0.3) is 0 Å². The van der Waals surface area contributed by atoms with E-state index in [-0.39, 0.29) is 28.4 Å². The Hall–Kier alpha value is -0.990. The predicted octanol–water partition coefficient (Wildman–Crippen LogP) is 3.98. The van der Waals surface area contributed by atoms with Crippen molar-refractivity contribution in [3.8, 4) is 0 Å². The lowest BCUT2D eigenvalue weighted by Gasteiger charge is -2.59. The van der Waals surface area contributed by atoms with Gasteiger partial charge < -0.3 is 0 Å². The van der Waals surface area contributed by atoms with Crippen molar-refractivity contribution in [2.75, 3.05) is 0 Å². The van der Waals surface area contributed by atoms with Crippen LogP contribution in [0, 0.1) is 40.4 Å². The quantitative estimate of drug-likeness (QED) is 0.730. The zero-order valence-corrected chi connectivity index (χ0v) is 15.3. The van der Waals surface area contributed by atoms with Crippen LogP contribution >= 0.6 is 0 Å². The lowest BCUT2D eigenvalue weighted by Crippen LogP contribution is -2.57. The van der Waals surface area contributed by atoms with Gasteiger partial charge in [-0.05, 0) is 67.6 Å². The molecule has 0 unspecified atom stereocenters. The molecular formula is C21H30O3. The summed E-state index contributed by atoms with van der Waals surface area (Å²) in [6.07, 6.45) is 7.05. The van der Waals surface area contributed by atoms with Crippen LogP contribution in [-0.4, -0.2) is 17.3 Å². The Morgan fingerprint density at radius 1 is 1.04 bits per heavy atom. The minimum atomic E-state index is -0.113. The Kier molecular flexibility index (Phi) is 3.61. The number of hydrogen-bond donors (Lipinski definition) is 0. The summed E-state index contributed by atoms with van der Waals surface area (Å²) in [5.41, 5.74) is -0.0959. The molecule has 0 aromatic heterocycles. The second-order valence-corrected chi connectivity index (χ2v) is 9.66. The predicted molar refractivity (Wildman–Crippen MR) is 91.3 cm³/mol. The summed E-state index contributed by atoms with van der Waals surface area (Å²) in [5.74, 6) is 2.63. The van der Waals surface area contributed by atoms with Gasteiger partial charge in [-0.25, -0.2) is 0 Å². The molecule has 3 nitrogen and oxygen atoms in total. The molecule has 0 saturated heterocycles. The summed E-state index contributed by atoms with van der Waals surface area (Å²) < 4.78 is 0. The second kappa shape index (κ2) is 5.25. The van der Waals surface area contributed by atoms with Crippen LogP contribution in [0.3, 0.4) is 0 Å². The molecule has 4 aliphatic carbocycles. The van der Waals surface area contributed by atoms with Gasteiger partial charge >= 0.3 is 0 Å². The largest absolute Gasteiger partial charge is 0.300 e. The molecular weight excluding hydrogens is 300 g/mol. The number of rotatable bonds is 1. The smallest absolute Gasteiger partial charge is 0.137 e. The van der Waals surface area contributed by atoms with Gasteiger partial charge in [0.05, 0.1) is 0 Å². The second-order valence-electron chi connectivity index (χ2n) is 9.66. The standard InChI is InChI=1S/C21H30O3/c1-12(22)16-6-7-17-15-5-4-13-10-14(23)8-9-20(13,2)19(15)18(24)11-21(16,17)3/h13,15-17,19H,4-11H2,1-3H3/t13-,15+,16-,17+,19-,20-,21-/m0/s1. The fourth-order valence-corrected chi connectivity index (χ4v) is 7.53. The minimum absolute atomic E-state index is 0.0174. The summed E-state index contributed by atoms with van der Waals surface area (Å²) in [6, 6.07) is 0. The first-order valence-electron chi connectivity index (χ1n) is 9.82. The van der Waals surface area contributed by atoms with Crippen LogP contribution in [0.15, 0.2) is 0 Å². The summed E-state index contributed by atoms with van der Waals surface area (Å²) in [6.45, 7) is 6.21. The zero-order chi connectivity index (χ0) is 17.3. The van der Waals surface area contributed by atoms with E-state index in [1.54, 1.807) is 6.92 Å². The molecule has 4 saturated carbocycles. The van der Waals surface area contributed by atoms with Gasteiger partial charge in [0.2, 0.25) is 0 Å². The number of Topliss-reactive ketones (excluding diaryl/α,β-unsaturated/α-hetero) is 3. The molecule has 0 amide bonds. The van der Waals surface area contributed by atoms with Gasteiger partial charge in [0.15, 0.2) is 0 Å². The van der Waals surface area contributed by atoms with Crippen molar-refractivity contribution in [2.45, 2.75) is 72.1 Å². The Labute approximate surface area is 144 Å². The van der Waals surface area contributed by atoms with Gasteiger partial charge in [0, 0.05) is 31.1 Å². The lowest BCUT2D eigenvalue weighted by atomic mass is 9.44. The van der Waals surface area contributed by atoms with Gasteiger partial charge in [-0.15, -0.1) is 0 Å². The maximum Gasteiger partial charge on any atom is 0.137 e. The van der Waals surface area contributed by atoms with Crippen molar-refractivity contribution >= 4 is 17.3 Å². The highest BCUT2D eigenvalue weighted by molar-refractivity contribution is 5.87. The summed E-state index contributed by atoms with van der Waals surface area (Å²) in [4.78, 5) is 37.4. The van der Waals surface area contributed by atoms with Crippen molar-refractivity contribution in [1.29, 1.82) is 0 Å². The minimum Gasteiger partial charge on any atom is -0.300 e. The lowest BCUT2D eigenvalue weighted by molar-refractivity contribution is -0.161. The average Bonchev–Trinajstić information content (AvgIpc) is 2.84. The van der Waals surface area contributed by atoms with E-state index < -0.39 is 0 Å². The van der Waals surface area contributed by atoms with Crippen LogP contribution in [0.1, 0.15) is 72.1 Å². The SMILES string of the molecule is CC(=O)[C@@H]1CC[C@@H]2[C@H]3CC[C@H]4CC(=O)CC[C@]4(C)[C@@H]3C(=O)C[C@]21C. The van der Waals surface area contributed by atoms with E-state index in [1.165, 1.54) is 0 Å². The summed E-state index contributed by atoms with van der Waals surface area (Å²) >= 11 is 0. The molecule has 0 radical (unpaired) electrons. The summed E-state index contributed by atoms with van der Waals surface area (Å²) in [5, 5.41) is 0. The first-order chi connectivity index (χ1) is 11.3. The first-order valence-corrected chi connectivity index (χ1v) is 9.82. The number of hydrogen-bond acceptors (Lipinski definition) is 3. The summed E-state index contributed by atoms with van der Waals surface area (Å²) in [7, 11) is 0. The Balaban J connectivity index is 1.69. The van der Waals surface area contributed by atoms with E-state index in [9.17, 15) is 14.4 Å².